The van der Waals surface area contributed by atoms with Crippen LogP contribution in [0.1, 0.15) is 23.6 Å². The van der Waals surface area contributed by atoms with E-state index >= 15 is 0 Å². The molecule has 0 radical (unpaired) electrons. The van der Waals surface area contributed by atoms with E-state index in [1.165, 1.54) is 0 Å². The fourth-order valence-electron chi connectivity index (χ4n) is 1.83. The SMILES string of the molecule is CCn1ncc([C@H]2N[C@@H](C(=O)O)CS2)c1C. The highest BCUT2D eigenvalue weighted by atomic mass is 32.2. The lowest BCUT2D eigenvalue weighted by Gasteiger charge is -2.10. The first-order valence-electron chi connectivity index (χ1n) is 5.26. The van der Waals surface area contributed by atoms with Gasteiger partial charge in [0, 0.05) is 23.6 Å². The first-order valence-corrected chi connectivity index (χ1v) is 6.31. The van der Waals surface area contributed by atoms with E-state index in [4.69, 9.17) is 5.11 Å². The highest BCUT2D eigenvalue weighted by Crippen LogP contribution is 2.34. The van der Waals surface area contributed by atoms with Gasteiger partial charge in [-0.1, -0.05) is 0 Å². The molecule has 1 fully saturated rings. The van der Waals surface area contributed by atoms with Gasteiger partial charge >= 0.3 is 5.97 Å². The van der Waals surface area contributed by atoms with Gasteiger partial charge in [0.2, 0.25) is 0 Å². The maximum atomic E-state index is 10.8. The van der Waals surface area contributed by atoms with Gasteiger partial charge < -0.3 is 5.11 Å². The maximum absolute atomic E-state index is 10.8. The van der Waals surface area contributed by atoms with E-state index in [1.807, 2.05) is 24.7 Å². The number of rotatable bonds is 3. The molecule has 0 spiro atoms. The lowest BCUT2D eigenvalue weighted by atomic mass is 10.2. The second-order valence-electron chi connectivity index (χ2n) is 3.77. The van der Waals surface area contributed by atoms with Crippen molar-refractivity contribution in [2.75, 3.05) is 5.75 Å². The Bertz CT molecular complexity index is 405. The number of aromatic nitrogens is 2. The summed E-state index contributed by atoms with van der Waals surface area (Å²) in [4.78, 5) is 10.8. The van der Waals surface area contributed by atoms with Crippen molar-refractivity contribution in [2.24, 2.45) is 0 Å². The van der Waals surface area contributed by atoms with Crippen LogP contribution in [0.25, 0.3) is 0 Å². The van der Waals surface area contributed by atoms with E-state index in [1.54, 1.807) is 11.8 Å². The predicted molar refractivity (Wildman–Crippen MR) is 62.4 cm³/mol. The molecule has 88 valence electrons. The number of thioether (sulfide) groups is 1. The normalized spacial score (nSPS) is 24.9. The van der Waals surface area contributed by atoms with Gasteiger partial charge in [0.25, 0.3) is 0 Å². The van der Waals surface area contributed by atoms with Gasteiger partial charge in [-0.05, 0) is 13.8 Å². The average Bonchev–Trinajstić information content (AvgIpc) is 2.83. The molecule has 0 bridgehead atoms. The fourth-order valence-corrected chi connectivity index (χ4v) is 3.13. The summed E-state index contributed by atoms with van der Waals surface area (Å²) in [6.07, 6.45) is 1.83. The number of carbonyl (C=O) groups is 1. The highest BCUT2D eigenvalue weighted by molar-refractivity contribution is 7.99. The fraction of sp³-hybridized carbons (Fsp3) is 0.600. The lowest BCUT2D eigenvalue weighted by molar-refractivity contribution is -0.138. The van der Waals surface area contributed by atoms with Crippen LogP contribution in [0.5, 0.6) is 0 Å². The summed E-state index contributed by atoms with van der Waals surface area (Å²) in [6.45, 7) is 4.90. The molecule has 1 aliphatic rings. The topological polar surface area (TPSA) is 67.2 Å². The van der Waals surface area contributed by atoms with Gasteiger partial charge in [-0.2, -0.15) is 5.10 Å². The van der Waals surface area contributed by atoms with Crippen molar-refractivity contribution in [2.45, 2.75) is 31.8 Å². The van der Waals surface area contributed by atoms with Crippen molar-refractivity contribution in [1.82, 2.24) is 15.1 Å². The summed E-state index contributed by atoms with van der Waals surface area (Å²) in [6, 6.07) is -0.445. The largest absolute Gasteiger partial charge is 0.480 e. The molecule has 1 aromatic heterocycles. The van der Waals surface area contributed by atoms with Gasteiger partial charge in [-0.15, -0.1) is 11.8 Å². The van der Waals surface area contributed by atoms with Crippen molar-refractivity contribution in [1.29, 1.82) is 0 Å². The highest BCUT2D eigenvalue weighted by Gasteiger charge is 2.31. The molecule has 0 saturated carbocycles. The molecule has 1 aromatic rings. The number of aliphatic carboxylic acids is 1. The van der Waals surface area contributed by atoms with Crippen LogP contribution in [0.3, 0.4) is 0 Å². The molecular weight excluding hydrogens is 226 g/mol. The van der Waals surface area contributed by atoms with Crippen LogP contribution in [0.15, 0.2) is 6.20 Å². The van der Waals surface area contributed by atoms with Crippen LogP contribution in [0, 0.1) is 6.92 Å². The van der Waals surface area contributed by atoms with Crippen molar-refractivity contribution < 1.29 is 9.90 Å². The third-order valence-electron chi connectivity index (χ3n) is 2.80. The Morgan fingerprint density at radius 2 is 2.56 bits per heavy atom. The Morgan fingerprint density at radius 1 is 1.81 bits per heavy atom. The Morgan fingerprint density at radius 3 is 3.06 bits per heavy atom. The van der Waals surface area contributed by atoms with Gasteiger partial charge in [0.05, 0.1) is 11.6 Å². The van der Waals surface area contributed by atoms with E-state index in [0.29, 0.717) is 5.75 Å². The van der Waals surface area contributed by atoms with Crippen LogP contribution in [0.4, 0.5) is 0 Å². The van der Waals surface area contributed by atoms with Crippen molar-refractivity contribution in [3.05, 3.63) is 17.5 Å². The summed E-state index contributed by atoms with van der Waals surface area (Å²) in [7, 11) is 0. The molecule has 0 unspecified atom stereocenters. The smallest absolute Gasteiger partial charge is 0.321 e. The van der Waals surface area contributed by atoms with E-state index in [9.17, 15) is 4.79 Å². The number of aryl methyl sites for hydroxylation is 1. The Hall–Kier alpha value is -1.01. The van der Waals surface area contributed by atoms with E-state index in [0.717, 1.165) is 17.8 Å². The zero-order valence-corrected chi connectivity index (χ0v) is 10.1. The third kappa shape index (κ3) is 1.94. The molecule has 2 heterocycles. The number of hydrogen-bond acceptors (Lipinski definition) is 4. The molecule has 1 aliphatic heterocycles. The second-order valence-corrected chi connectivity index (χ2v) is 4.91. The summed E-state index contributed by atoms with van der Waals surface area (Å²) in [5, 5.41) is 16.3. The number of hydrogen-bond donors (Lipinski definition) is 2. The quantitative estimate of drug-likeness (QED) is 0.826. The minimum absolute atomic E-state index is 0.0569. The standard InChI is InChI=1S/C10H15N3O2S/c1-3-13-6(2)7(4-11-13)9-12-8(5-16-9)10(14)15/h4,8-9,12H,3,5H2,1-2H3,(H,14,15)/t8-,9+/m1/s1. The van der Waals surface area contributed by atoms with Crippen LogP contribution in [0.2, 0.25) is 0 Å². The zero-order chi connectivity index (χ0) is 11.7. The Labute approximate surface area is 98.2 Å². The molecule has 16 heavy (non-hydrogen) atoms. The summed E-state index contributed by atoms with van der Waals surface area (Å²) >= 11 is 1.62. The molecule has 0 amide bonds. The molecule has 0 aromatic carbocycles. The van der Waals surface area contributed by atoms with Crippen LogP contribution in [-0.4, -0.2) is 32.7 Å². The molecule has 2 N–H and O–H groups in total. The molecule has 0 aliphatic carbocycles. The van der Waals surface area contributed by atoms with Gasteiger partial charge in [-0.3, -0.25) is 14.8 Å². The number of carboxylic acids is 1. The summed E-state index contributed by atoms with van der Waals surface area (Å²) in [5.74, 6) is -0.174. The van der Waals surface area contributed by atoms with E-state index in [2.05, 4.69) is 10.4 Å². The summed E-state index contributed by atoms with van der Waals surface area (Å²) in [5.41, 5.74) is 2.20. The molecular formula is C10H15N3O2S. The molecule has 2 atom stereocenters. The summed E-state index contributed by atoms with van der Waals surface area (Å²) < 4.78 is 1.92. The minimum atomic E-state index is -0.782. The predicted octanol–water partition coefficient (Wildman–Crippen LogP) is 1.000. The third-order valence-corrected chi connectivity index (χ3v) is 4.05. The minimum Gasteiger partial charge on any atom is -0.480 e. The van der Waals surface area contributed by atoms with Crippen molar-refractivity contribution >= 4 is 17.7 Å². The molecule has 6 heteroatoms. The number of nitrogens with one attached hydrogen (secondary N) is 1. The maximum Gasteiger partial charge on any atom is 0.321 e. The molecule has 1 saturated heterocycles. The van der Waals surface area contributed by atoms with Crippen molar-refractivity contribution in [3.8, 4) is 0 Å². The Balaban J connectivity index is 2.14. The zero-order valence-electron chi connectivity index (χ0n) is 9.30. The first kappa shape index (κ1) is 11.5. The second kappa shape index (κ2) is 4.47. The molecule has 5 nitrogen and oxygen atoms in total. The van der Waals surface area contributed by atoms with Crippen LogP contribution >= 0.6 is 11.8 Å². The first-order chi connectivity index (χ1) is 7.63. The van der Waals surface area contributed by atoms with Gasteiger partial charge in [0.15, 0.2) is 0 Å². The van der Waals surface area contributed by atoms with Crippen LogP contribution < -0.4 is 5.32 Å². The monoisotopic (exact) mass is 241 g/mol. The lowest BCUT2D eigenvalue weighted by Crippen LogP contribution is -2.33. The van der Waals surface area contributed by atoms with Gasteiger partial charge in [0.1, 0.15) is 6.04 Å². The van der Waals surface area contributed by atoms with E-state index < -0.39 is 12.0 Å². The van der Waals surface area contributed by atoms with E-state index in [-0.39, 0.29) is 5.37 Å². The Kier molecular flexibility index (Phi) is 3.20. The molecule has 2 rings (SSSR count). The van der Waals surface area contributed by atoms with Crippen LogP contribution in [-0.2, 0) is 11.3 Å². The van der Waals surface area contributed by atoms with Crippen molar-refractivity contribution in [3.63, 3.8) is 0 Å². The average molecular weight is 241 g/mol. The number of nitrogens with zero attached hydrogens (tertiary/aromatic N) is 2. The number of carboxylic acid groups (broad SMARTS) is 1. The van der Waals surface area contributed by atoms with Gasteiger partial charge in [-0.25, -0.2) is 0 Å².